The third-order valence-electron chi connectivity index (χ3n) is 2.23. The van der Waals surface area contributed by atoms with Crippen molar-refractivity contribution in [2.24, 2.45) is 11.5 Å². The number of aliphatic carboxylic acids is 1. The predicted molar refractivity (Wildman–Crippen MR) is 60.9 cm³/mol. The Hall–Kier alpha value is -1.63. The summed E-state index contributed by atoms with van der Waals surface area (Å²) in [7, 11) is 0. The maximum absolute atomic E-state index is 11.5. The molecule has 0 fully saturated rings. The van der Waals surface area contributed by atoms with E-state index >= 15 is 0 Å². The summed E-state index contributed by atoms with van der Waals surface area (Å²) in [5.41, 5.74) is 10.4. The highest BCUT2D eigenvalue weighted by Crippen LogP contribution is 2.00. The highest BCUT2D eigenvalue weighted by molar-refractivity contribution is 5.87. The third kappa shape index (κ3) is 6.52. The Labute approximate surface area is 99.5 Å². The number of primary amides is 1. The fourth-order valence-corrected chi connectivity index (χ4v) is 1.26. The van der Waals surface area contributed by atoms with E-state index in [9.17, 15) is 14.4 Å². The second-order valence-corrected chi connectivity index (χ2v) is 3.80. The van der Waals surface area contributed by atoms with Crippen LogP contribution in [0.15, 0.2) is 0 Å². The molecule has 98 valence electrons. The molecular formula is C10H19N3O4. The number of nitrogens with two attached hydrogens (primary N) is 2. The van der Waals surface area contributed by atoms with Crippen molar-refractivity contribution in [2.45, 2.75) is 44.7 Å². The Kier molecular flexibility index (Phi) is 6.88. The quantitative estimate of drug-likeness (QED) is 0.432. The summed E-state index contributed by atoms with van der Waals surface area (Å²) in [5.74, 6) is -2.34. The van der Waals surface area contributed by atoms with Gasteiger partial charge in [0.1, 0.15) is 6.04 Å². The van der Waals surface area contributed by atoms with Crippen LogP contribution in [0.2, 0.25) is 0 Å². The van der Waals surface area contributed by atoms with Gasteiger partial charge < -0.3 is 21.9 Å². The van der Waals surface area contributed by atoms with Crippen molar-refractivity contribution in [3.63, 3.8) is 0 Å². The van der Waals surface area contributed by atoms with Gasteiger partial charge in [-0.3, -0.25) is 9.59 Å². The third-order valence-corrected chi connectivity index (χ3v) is 2.23. The number of carbonyl (C=O) groups excluding carboxylic acids is 2. The molecule has 2 amide bonds. The Morgan fingerprint density at radius 3 is 2.29 bits per heavy atom. The van der Waals surface area contributed by atoms with Gasteiger partial charge in [-0.05, 0) is 12.8 Å². The van der Waals surface area contributed by atoms with E-state index in [4.69, 9.17) is 16.6 Å². The molecule has 2 unspecified atom stereocenters. The molecule has 0 aromatic carbocycles. The monoisotopic (exact) mass is 245 g/mol. The van der Waals surface area contributed by atoms with Gasteiger partial charge in [-0.1, -0.05) is 13.3 Å². The molecule has 0 aromatic rings. The molecule has 0 heterocycles. The first-order chi connectivity index (χ1) is 7.88. The standard InChI is InChI=1S/C10H19N3O4/c1-2-3-6(11)9(15)13-7(10(16)17)4-5-8(12)14/h6-7H,2-5,11H2,1H3,(H2,12,14)(H,13,15)(H,16,17). The van der Waals surface area contributed by atoms with Gasteiger partial charge in [0.05, 0.1) is 6.04 Å². The number of hydrogen-bond acceptors (Lipinski definition) is 4. The molecule has 0 aliphatic heterocycles. The lowest BCUT2D eigenvalue weighted by atomic mass is 10.1. The molecule has 2 atom stereocenters. The minimum absolute atomic E-state index is 0.0325. The average molecular weight is 245 g/mol. The summed E-state index contributed by atoms with van der Waals surface area (Å²) < 4.78 is 0. The number of hydrogen-bond donors (Lipinski definition) is 4. The van der Waals surface area contributed by atoms with Crippen LogP contribution in [-0.2, 0) is 14.4 Å². The van der Waals surface area contributed by atoms with E-state index in [0.717, 1.165) is 6.42 Å². The van der Waals surface area contributed by atoms with Crippen molar-refractivity contribution in [3.8, 4) is 0 Å². The number of carboxylic acid groups (broad SMARTS) is 1. The van der Waals surface area contributed by atoms with Gasteiger partial charge in [0.25, 0.3) is 0 Å². The summed E-state index contributed by atoms with van der Waals surface area (Å²) in [5, 5.41) is 11.1. The normalized spacial score (nSPS) is 13.8. The molecule has 6 N–H and O–H groups in total. The fraction of sp³-hybridized carbons (Fsp3) is 0.700. The van der Waals surface area contributed by atoms with Crippen LogP contribution in [0.1, 0.15) is 32.6 Å². The number of rotatable bonds is 8. The first-order valence-electron chi connectivity index (χ1n) is 5.45. The zero-order valence-corrected chi connectivity index (χ0v) is 9.81. The Balaban J connectivity index is 4.29. The van der Waals surface area contributed by atoms with Crippen LogP contribution >= 0.6 is 0 Å². The molecule has 0 saturated heterocycles. The van der Waals surface area contributed by atoms with Gasteiger partial charge in [-0.25, -0.2) is 4.79 Å². The Bertz CT molecular complexity index is 293. The van der Waals surface area contributed by atoms with Crippen molar-refractivity contribution in [1.29, 1.82) is 0 Å². The topological polar surface area (TPSA) is 136 Å². The van der Waals surface area contributed by atoms with Crippen molar-refractivity contribution in [1.82, 2.24) is 5.32 Å². The zero-order chi connectivity index (χ0) is 13.4. The summed E-state index contributed by atoms with van der Waals surface area (Å²) in [4.78, 5) is 32.8. The zero-order valence-electron chi connectivity index (χ0n) is 9.81. The van der Waals surface area contributed by atoms with Crippen LogP contribution < -0.4 is 16.8 Å². The molecule has 0 bridgehead atoms. The fourth-order valence-electron chi connectivity index (χ4n) is 1.26. The highest BCUT2D eigenvalue weighted by atomic mass is 16.4. The van der Waals surface area contributed by atoms with E-state index < -0.39 is 29.9 Å². The predicted octanol–water partition coefficient (Wildman–Crippen LogP) is -1.05. The lowest BCUT2D eigenvalue weighted by Crippen LogP contribution is -2.48. The Morgan fingerprint density at radius 1 is 1.29 bits per heavy atom. The van der Waals surface area contributed by atoms with E-state index in [0.29, 0.717) is 6.42 Å². The van der Waals surface area contributed by atoms with E-state index in [1.165, 1.54) is 0 Å². The Morgan fingerprint density at radius 2 is 1.88 bits per heavy atom. The maximum Gasteiger partial charge on any atom is 0.326 e. The second-order valence-electron chi connectivity index (χ2n) is 3.80. The van der Waals surface area contributed by atoms with Gasteiger partial charge in [-0.15, -0.1) is 0 Å². The van der Waals surface area contributed by atoms with E-state index in [1.54, 1.807) is 0 Å². The second kappa shape index (κ2) is 7.61. The van der Waals surface area contributed by atoms with Gasteiger partial charge >= 0.3 is 5.97 Å². The van der Waals surface area contributed by atoms with Gasteiger partial charge in [0, 0.05) is 6.42 Å². The summed E-state index contributed by atoms with van der Waals surface area (Å²) >= 11 is 0. The molecule has 0 saturated carbocycles. The molecule has 0 aliphatic rings. The van der Waals surface area contributed by atoms with Crippen molar-refractivity contribution in [2.75, 3.05) is 0 Å². The molecule has 0 rings (SSSR count). The maximum atomic E-state index is 11.5. The highest BCUT2D eigenvalue weighted by Gasteiger charge is 2.23. The molecule has 0 spiro atoms. The number of amides is 2. The molecule has 0 radical (unpaired) electrons. The summed E-state index contributed by atoms with van der Waals surface area (Å²) in [6, 6.07) is -1.85. The number of nitrogens with one attached hydrogen (secondary N) is 1. The molecular weight excluding hydrogens is 226 g/mol. The van der Waals surface area contributed by atoms with E-state index in [1.807, 2.05) is 6.92 Å². The van der Waals surface area contributed by atoms with Gasteiger partial charge in [-0.2, -0.15) is 0 Å². The van der Waals surface area contributed by atoms with Crippen LogP contribution in [0, 0.1) is 0 Å². The van der Waals surface area contributed by atoms with Crippen LogP contribution in [0.25, 0.3) is 0 Å². The van der Waals surface area contributed by atoms with E-state index in [-0.39, 0.29) is 12.8 Å². The number of carbonyl (C=O) groups is 3. The minimum Gasteiger partial charge on any atom is -0.480 e. The molecule has 0 aromatic heterocycles. The van der Waals surface area contributed by atoms with Gasteiger partial charge in [0.15, 0.2) is 0 Å². The minimum atomic E-state index is -1.21. The van der Waals surface area contributed by atoms with Crippen molar-refractivity contribution >= 4 is 17.8 Å². The van der Waals surface area contributed by atoms with E-state index in [2.05, 4.69) is 5.32 Å². The summed E-state index contributed by atoms with van der Waals surface area (Å²) in [6.45, 7) is 1.87. The smallest absolute Gasteiger partial charge is 0.326 e. The van der Waals surface area contributed by atoms with Crippen LogP contribution in [0.5, 0.6) is 0 Å². The van der Waals surface area contributed by atoms with Crippen LogP contribution in [0.4, 0.5) is 0 Å². The first-order valence-corrected chi connectivity index (χ1v) is 5.45. The molecule has 0 aliphatic carbocycles. The van der Waals surface area contributed by atoms with Crippen molar-refractivity contribution in [3.05, 3.63) is 0 Å². The summed E-state index contributed by atoms with van der Waals surface area (Å²) in [6.07, 6.45) is 1.08. The lowest BCUT2D eigenvalue weighted by Gasteiger charge is -2.16. The molecule has 17 heavy (non-hydrogen) atoms. The molecule has 7 nitrogen and oxygen atoms in total. The first kappa shape index (κ1) is 15.4. The van der Waals surface area contributed by atoms with Crippen molar-refractivity contribution < 1.29 is 19.5 Å². The average Bonchev–Trinajstić information content (AvgIpc) is 2.23. The lowest BCUT2D eigenvalue weighted by molar-refractivity contribution is -0.142. The largest absolute Gasteiger partial charge is 0.480 e. The SMILES string of the molecule is CCCC(N)C(=O)NC(CCC(N)=O)C(=O)O. The van der Waals surface area contributed by atoms with Crippen LogP contribution in [-0.4, -0.2) is 35.0 Å². The molecule has 7 heteroatoms. The van der Waals surface area contributed by atoms with Gasteiger partial charge in [0.2, 0.25) is 11.8 Å². The van der Waals surface area contributed by atoms with Crippen LogP contribution in [0.3, 0.4) is 0 Å². The number of carboxylic acids is 1.